The fourth-order valence-electron chi connectivity index (χ4n) is 2.65. The monoisotopic (exact) mass is 357 g/mol. The number of hydrogen-bond donors (Lipinski definition) is 1. The van der Waals surface area contributed by atoms with E-state index in [1.807, 2.05) is 0 Å². The summed E-state index contributed by atoms with van der Waals surface area (Å²) in [6.45, 7) is 0.348. The van der Waals surface area contributed by atoms with Crippen LogP contribution in [0.2, 0.25) is 0 Å². The molecule has 1 atom stereocenters. The normalized spacial score (nSPS) is 18.1. The molecule has 1 heterocycles. The number of aryl methyl sites for hydroxylation is 1. The van der Waals surface area contributed by atoms with Gasteiger partial charge in [0.2, 0.25) is 0 Å². The quantitative estimate of drug-likeness (QED) is 0.818. The van der Waals surface area contributed by atoms with E-state index in [0.717, 1.165) is 29.1 Å². The third kappa shape index (κ3) is 2.95. The minimum atomic E-state index is -0.397. The largest absolute Gasteiger partial charge is 0.306 e. The highest BCUT2D eigenvalue weighted by molar-refractivity contribution is 9.11. The van der Waals surface area contributed by atoms with Crippen molar-refractivity contribution in [3.8, 4) is 0 Å². The Hall–Kier alpha value is -0.780. The fourth-order valence-corrected chi connectivity index (χ4v) is 4.46. The highest BCUT2D eigenvalue weighted by Crippen LogP contribution is 2.38. The summed E-state index contributed by atoms with van der Waals surface area (Å²) < 4.78 is 27.9. The molecule has 0 fully saturated rings. The zero-order valence-electron chi connectivity index (χ0n) is 10.8. The van der Waals surface area contributed by atoms with Gasteiger partial charge in [-0.25, -0.2) is 8.78 Å². The van der Waals surface area contributed by atoms with Crippen LogP contribution < -0.4 is 5.32 Å². The molecule has 0 amide bonds. The molecule has 0 radical (unpaired) electrons. The van der Waals surface area contributed by atoms with Crippen molar-refractivity contribution in [2.45, 2.75) is 31.8 Å². The number of rotatable bonds is 3. The lowest BCUT2D eigenvalue weighted by atomic mass is 9.94. The predicted molar refractivity (Wildman–Crippen MR) is 80.9 cm³/mol. The van der Waals surface area contributed by atoms with Crippen molar-refractivity contribution >= 4 is 27.3 Å². The van der Waals surface area contributed by atoms with Gasteiger partial charge in [0.1, 0.15) is 11.6 Å². The van der Waals surface area contributed by atoms with Crippen molar-refractivity contribution in [3.05, 3.63) is 55.7 Å². The van der Waals surface area contributed by atoms with Gasteiger partial charge in [-0.15, -0.1) is 11.3 Å². The van der Waals surface area contributed by atoms with Crippen LogP contribution in [0.4, 0.5) is 8.78 Å². The van der Waals surface area contributed by atoms with E-state index in [1.165, 1.54) is 22.6 Å². The van der Waals surface area contributed by atoms with E-state index in [2.05, 4.69) is 27.3 Å². The first kappa shape index (κ1) is 14.2. The Morgan fingerprint density at radius 2 is 2.15 bits per heavy atom. The van der Waals surface area contributed by atoms with Crippen LogP contribution in [0.15, 0.2) is 28.1 Å². The van der Waals surface area contributed by atoms with Gasteiger partial charge < -0.3 is 5.32 Å². The predicted octanol–water partition coefficient (Wildman–Crippen LogP) is 4.96. The second kappa shape index (κ2) is 5.92. The second-order valence-electron chi connectivity index (χ2n) is 4.99. The van der Waals surface area contributed by atoms with E-state index in [1.54, 1.807) is 11.3 Å². The Morgan fingerprint density at radius 3 is 3.00 bits per heavy atom. The van der Waals surface area contributed by atoms with Gasteiger partial charge in [-0.2, -0.15) is 0 Å². The van der Waals surface area contributed by atoms with Crippen molar-refractivity contribution in [1.29, 1.82) is 0 Å². The van der Waals surface area contributed by atoms with Crippen molar-refractivity contribution in [2.24, 2.45) is 0 Å². The maximum Gasteiger partial charge on any atom is 0.127 e. The summed E-state index contributed by atoms with van der Waals surface area (Å²) in [5, 5.41) is 3.35. The fraction of sp³-hybridized carbons (Fsp3) is 0.333. The average Bonchev–Trinajstić information content (AvgIpc) is 2.80. The SMILES string of the molecule is Fc1ccc(F)c(CNC2CCCc3sc(Br)cc32)c1. The smallest absolute Gasteiger partial charge is 0.127 e. The van der Waals surface area contributed by atoms with Crippen LogP contribution in [0.5, 0.6) is 0 Å². The molecule has 1 unspecified atom stereocenters. The van der Waals surface area contributed by atoms with Crippen LogP contribution in [0, 0.1) is 11.6 Å². The summed E-state index contributed by atoms with van der Waals surface area (Å²) >= 11 is 5.28. The van der Waals surface area contributed by atoms with E-state index in [4.69, 9.17) is 0 Å². The zero-order chi connectivity index (χ0) is 14.1. The number of fused-ring (bicyclic) bond motifs is 1. The number of halogens is 3. The molecule has 5 heteroatoms. The van der Waals surface area contributed by atoms with Gasteiger partial charge >= 0.3 is 0 Å². The van der Waals surface area contributed by atoms with E-state index >= 15 is 0 Å². The van der Waals surface area contributed by atoms with E-state index in [0.29, 0.717) is 12.1 Å². The van der Waals surface area contributed by atoms with Gasteiger partial charge in [0.05, 0.1) is 3.79 Å². The van der Waals surface area contributed by atoms with Gasteiger partial charge in [0, 0.05) is 23.0 Å². The van der Waals surface area contributed by atoms with Gasteiger partial charge in [-0.3, -0.25) is 0 Å². The van der Waals surface area contributed by atoms with Crippen LogP contribution in [0.3, 0.4) is 0 Å². The lowest BCUT2D eigenvalue weighted by Gasteiger charge is -2.23. The molecule has 0 saturated heterocycles. The van der Waals surface area contributed by atoms with Crippen molar-refractivity contribution < 1.29 is 8.78 Å². The molecule has 2 aromatic rings. The van der Waals surface area contributed by atoms with E-state index in [-0.39, 0.29) is 11.9 Å². The molecule has 1 aromatic heterocycles. The van der Waals surface area contributed by atoms with E-state index < -0.39 is 5.82 Å². The molecule has 3 rings (SSSR count). The molecular formula is C15H14BrF2NS. The maximum absolute atomic E-state index is 13.6. The number of thiophene rings is 1. The van der Waals surface area contributed by atoms with E-state index in [9.17, 15) is 8.78 Å². The van der Waals surface area contributed by atoms with Crippen LogP contribution in [0.1, 0.15) is 34.9 Å². The third-order valence-electron chi connectivity index (χ3n) is 3.63. The van der Waals surface area contributed by atoms with Crippen LogP contribution >= 0.6 is 27.3 Å². The third-order valence-corrected chi connectivity index (χ3v) is 5.34. The van der Waals surface area contributed by atoms with Crippen LogP contribution in [-0.4, -0.2) is 0 Å². The zero-order valence-corrected chi connectivity index (χ0v) is 13.2. The first-order valence-electron chi connectivity index (χ1n) is 6.59. The Morgan fingerprint density at radius 1 is 1.30 bits per heavy atom. The summed E-state index contributed by atoms with van der Waals surface area (Å²) in [6, 6.07) is 5.95. The first-order valence-corrected chi connectivity index (χ1v) is 8.20. The molecule has 1 aliphatic carbocycles. The summed E-state index contributed by atoms with van der Waals surface area (Å²) in [5.74, 6) is -0.757. The summed E-state index contributed by atoms with van der Waals surface area (Å²) in [6.07, 6.45) is 3.27. The van der Waals surface area contributed by atoms with Gasteiger partial charge in [0.25, 0.3) is 0 Å². The molecule has 0 bridgehead atoms. The minimum absolute atomic E-state index is 0.226. The molecule has 0 saturated carbocycles. The standard InChI is InChI=1S/C15H14BrF2NS/c16-15-7-11-13(2-1-3-14(11)20-15)19-8-9-6-10(17)4-5-12(9)18/h4-7,13,19H,1-3,8H2. The van der Waals surface area contributed by atoms with Crippen LogP contribution in [0.25, 0.3) is 0 Å². The molecule has 20 heavy (non-hydrogen) atoms. The Balaban J connectivity index is 1.74. The maximum atomic E-state index is 13.6. The minimum Gasteiger partial charge on any atom is -0.306 e. The lowest BCUT2D eigenvalue weighted by molar-refractivity contribution is 0.455. The molecule has 0 spiro atoms. The van der Waals surface area contributed by atoms with Crippen LogP contribution in [-0.2, 0) is 13.0 Å². The Labute approximate surface area is 129 Å². The van der Waals surface area contributed by atoms with Crippen molar-refractivity contribution in [3.63, 3.8) is 0 Å². The molecule has 0 aliphatic heterocycles. The van der Waals surface area contributed by atoms with Crippen molar-refractivity contribution in [2.75, 3.05) is 0 Å². The molecule has 1 aliphatic rings. The summed E-state index contributed by atoms with van der Waals surface area (Å²) in [5.41, 5.74) is 1.68. The summed E-state index contributed by atoms with van der Waals surface area (Å²) in [4.78, 5) is 1.39. The average molecular weight is 358 g/mol. The second-order valence-corrected chi connectivity index (χ2v) is 7.51. The van der Waals surface area contributed by atoms with Gasteiger partial charge in [0.15, 0.2) is 0 Å². The molecule has 1 aromatic carbocycles. The molecule has 106 valence electrons. The number of hydrogen-bond acceptors (Lipinski definition) is 2. The lowest BCUT2D eigenvalue weighted by Crippen LogP contribution is -2.24. The molecule has 1 nitrogen and oxygen atoms in total. The molecular weight excluding hydrogens is 344 g/mol. The van der Waals surface area contributed by atoms with Gasteiger partial charge in [-0.1, -0.05) is 0 Å². The topological polar surface area (TPSA) is 12.0 Å². The van der Waals surface area contributed by atoms with Gasteiger partial charge in [-0.05, 0) is 65.0 Å². The Kier molecular flexibility index (Phi) is 4.19. The number of nitrogens with one attached hydrogen (secondary N) is 1. The van der Waals surface area contributed by atoms with Crippen molar-refractivity contribution in [1.82, 2.24) is 5.32 Å². The first-order chi connectivity index (χ1) is 9.63. The number of benzene rings is 1. The highest BCUT2D eigenvalue weighted by Gasteiger charge is 2.22. The summed E-state index contributed by atoms with van der Waals surface area (Å²) in [7, 11) is 0. The highest BCUT2D eigenvalue weighted by atomic mass is 79.9. The Bertz CT molecular complexity index is 626. The molecule has 1 N–H and O–H groups in total.